The molecule has 0 amide bonds. The molecule has 1 aliphatic carbocycles. The molecule has 1 aromatic carbocycles. The Bertz CT molecular complexity index is 599. The van der Waals surface area contributed by atoms with E-state index in [1.807, 2.05) is 0 Å². The van der Waals surface area contributed by atoms with E-state index in [4.69, 9.17) is 16.7 Å². The van der Waals surface area contributed by atoms with Gasteiger partial charge in [0.15, 0.2) is 0 Å². The maximum Gasteiger partial charge on any atom is 0.0841 e. The second-order valence-corrected chi connectivity index (χ2v) is 6.49. The molecule has 1 saturated carbocycles. The number of hydrogen-bond donors (Lipinski definition) is 1. The number of nitrogens with zero attached hydrogens (tertiary/aromatic N) is 2. The molecule has 4 heteroatoms. The topological polar surface area (TPSA) is 29.9 Å². The third-order valence-electron chi connectivity index (χ3n) is 4.77. The summed E-state index contributed by atoms with van der Waals surface area (Å²) in [6.45, 7) is 4.87. The fourth-order valence-electron chi connectivity index (χ4n) is 3.50. The van der Waals surface area contributed by atoms with Crippen LogP contribution in [-0.4, -0.2) is 22.2 Å². The highest BCUT2D eigenvalue weighted by molar-refractivity contribution is 6.18. The minimum Gasteiger partial charge on any atom is -0.310 e. The summed E-state index contributed by atoms with van der Waals surface area (Å²) in [5.74, 6) is 0.768. The smallest absolute Gasteiger partial charge is 0.0841 e. The Hall–Kier alpha value is -1.06. The second-order valence-electron chi connectivity index (χ2n) is 6.22. The lowest BCUT2D eigenvalue weighted by atomic mass is 9.88. The summed E-state index contributed by atoms with van der Waals surface area (Å²) in [7, 11) is 0. The van der Waals surface area contributed by atoms with Gasteiger partial charge in [-0.15, -0.1) is 11.6 Å². The molecule has 0 bridgehead atoms. The van der Waals surface area contributed by atoms with Crippen molar-refractivity contribution in [1.82, 2.24) is 15.1 Å². The van der Waals surface area contributed by atoms with Crippen molar-refractivity contribution < 1.29 is 0 Å². The van der Waals surface area contributed by atoms with Gasteiger partial charge in [0.1, 0.15) is 0 Å². The number of rotatable bonds is 6. The van der Waals surface area contributed by atoms with Gasteiger partial charge < -0.3 is 5.32 Å². The minimum absolute atomic E-state index is 0.310. The molecule has 0 spiro atoms. The highest BCUT2D eigenvalue weighted by Gasteiger charge is 2.32. The van der Waals surface area contributed by atoms with Crippen LogP contribution in [-0.2, 0) is 13.1 Å². The molecular weight excluding hydrogens is 282 g/mol. The van der Waals surface area contributed by atoms with Crippen LogP contribution in [0.25, 0.3) is 10.9 Å². The van der Waals surface area contributed by atoms with Gasteiger partial charge in [-0.05, 0) is 31.2 Å². The predicted octanol–water partition coefficient (Wildman–Crippen LogP) is 3.95. The van der Waals surface area contributed by atoms with Crippen molar-refractivity contribution in [3.05, 3.63) is 30.0 Å². The summed E-state index contributed by atoms with van der Waals surface area (Å²) in [4.78, 5) is 0. The highest BCUT2D eigenvalue weighted by Crippen LogP contribution is 2.38. The van der Waals surface area contributed by atoms with Crippen molar-refractivity contribution in [2.45, 2.75) is 45.7 Å². The lowest BCUT2D eigenvalue weighted by Crippen LogP contribution is -2.33. The largest absolute Gasteiger partial charge is 0.310 e. The van der Waals surface area contributed by atoms with Crippen LogP contribution in [0.15, 0.2) is 24.3 Å². The Morgan fingerprint density at radius 2 is 2.05 bits per heavy atom. The first-order valence-corrected chi connectivity index (χ1v) is 8.52. The molecule has 1 fully saturated rings. The normalized spacial score (nSPS) is 17.6. The van der Waals surface area contributed by atoms with Crippen LogP contribution in [0, 0.1) is 5.41 Å². The van der Waals surface area contributed by atoms with Crippen molar-refractivity contribution in [1.29, 1.82) is 0 Å². The van der Waals surface area contributed by atoms with Crippen LogP contribution in [0.3, 0.4) is 0 Å². The first-order chi connectivity index (χ1) is 10.3. The maximum atomic E-state index is 6.21. The molecule has 1 heterocycles. The average Bonchev–Trinajstić information content (AvgIpc) is 3.13. The molecule has 2 aromatic rings. The van der Waals surface area contributed by atoms with E-state index >= 15 is 0 Å². The zero-order valence-corrected chi connectivity index (χ0v) is 13.5. The summed E-state index contributed by atoms with van der Waals surface area (Å²) >= 11 is 6.21. The van der Waals surface area contributed by atoms with Gasteiger partial charge in [-0.3, -0.25) is 4.68 Å². The van der Waals surface area contributed by atoms with Crippen LogP contribution in [0.4, 0.5) is 0 Å². The monoisotopic (exact) mass is 305 g/mol. The Kier molecular flexibility index (Phi) is 4.51. The van der Waals surface area contributed by atoms with Gasteiger partial charge in [0.05, 0.1) is 11.2 Å². The number of hydrogen-bond acceptors (Lipinski definition) is 2. The van der Waals surface area contributed by atoms with E-state index in [2.05, 4.69) is 41.2 Å². The summed E-state index contributed by atoms with van der Waals surface area (Å²) in [5, 5.41) is 9.61. The zero-order chi connectivity index (χ0) is 14.7. The van der Waals surface area contributed by atoms with Crippen LogP contribution in [0.1, 0.15) is 38.3 Å². The summed E-state index contributed by atoms with van der Waals surface area (Å²) in [5.41, 5.74) is 2.69. The molecule has 1 aliphatic rings. The minimum atomic E-state index is 0.310. The Labute approximate surface area is 131 Å². The zero-order valence-electron chi connectivity index (χ0n) is 12.7. The van der Waals surface area contributed by atoms with Crippen molar-refractivity contribution in [2.24, 2.45) is 5.41 Å². The Morgan fingerprint density at radius 1 is 1.29 bits per heavy atom. The second kappa shape index (κ2) is 6.37. The van der Waals surface area contributed by atoms with Crippen molar-refractivity contribution >= 4 is 22.5 Å². The van der Waals surface area contributed by atoms with Crippen molar-refractivity contribution in [2.75, 3.05) is 12.4 Å². The number of fused-ring (bicyclic) bond motifs is 1. The number of aromatic nitrogens is 2. The molecular formula is C17H24ClN3. The van der Waals surface area contributed by atoms with E-state index in [9.17, 15) is 0 Å². The SMILES string of the molecule is CCn1nc(CNCC2(CCl)CCCC2)c2ccccc21. The lowest BCUT2D eigenvalue weighted by Gasteiger charge is -2.26. The van der Waals surface area contributed by atoms with E-state index < -0.39 is 0 Å². The quantitative estimate of drug-likeness (QED) is 0.819. The molecule has 1 aromatic heterocycles. The lowest BCUT2D eigenvalue weighted by molar-refractivity contribution is 0.319. The molecule has 0 atom stereocenters. The molecule has 3 rings (SSSR count). The maximum absolute atomic E-state index is 6.21. The van der Waals surface area contributed by atoms with Gasteiger partial charge in [-0.1, -0.05) is 31.0 Å². The summed E-state index contributed by atoms with van der Waals surface area (Å²) in [6.07, 6.45) is 5.16. The van der Waals surface area contributed by atoms with Gasteiger partial charge in [0, 0.05) is 30.9 Å². The average molecular weight is 306 g/mol. The van der Waals surface area contributed by atoms with Crippen LogP contribution in [0.2, 0.25) is 0 Å². The number of benzene rings is 1. The molecule has 0 aliphatic heterocycles. The summed E-state index contributed by atoms with van der Waals surface area (Å²) < 4.78 is 2.08. The van der Waals surface area contributed by atoms with Crippen molar-refractivity contribution in [3.8, 4) is 0 Å². The molecule has 0 saturated heterocycles. The Morgan fingerprint density at radius 3 is 2.76 bits per heavy atom. The third kappa shape index (κ3) is 2.95. The molecule has 1 N–H and O–H groups in total. The highest BCUT2D eigenvalue weighted by atomic mass is 35.5. The van der Waals surface area contributed by atoms with Crippen LogP contribution < -0.4 is 5.32 Å². The van der Waals surface area contributed by atoms with Gasteiger partial charge in [-0.2, -0.15) is 5.10 Å². The van der Waals surface area contributed by atoms with Crippen molar-refractivity contribution in [3.63, 3.8) is 0 Å². The van der Waals surface area contributed by atoms with E-state index in [0.717, 1.165) is 31.2 Å². The number of alkyl halides is 1. The molecule has 114 valence electrons. The predicted molar refractivity (Wildman–Crippen MR) is 88.7 cm³/mol. The third-order valence-corrected chi connectivity index (χ3v) is 5.34. The van der Waals surface area contributed by atoms with Crippen LogP contribution in [0.5, 0.6) is 0 Å². The molecule has 0 unspecified atom stereocenters. The van der Waals surface area contributed by atoms with Crippen LogP contribution >= 0.6 is 11.6 Å². The number of aryl methyl sites for hydroxylation is 1. The van der Waals surface area contributed by atoms with Gasteiger partial charge in [-0.25, -0.2) is 0 Å². The fourth-order valence-corrected chi connectivity index (χ4v) is 3.86. The molecule has 3 nitrogen and oxygen atoms in total. The molecule has 21 heavy (non-hydrogen) atoms. The van der Waals surface area contributed by atoms with E-state index in [0.29, 0.717) is 5.41 Å². The fraction of sp³-hybridized carbons (Fsp3) is 0.588. The first kappa shape index (κ1) is 14.9. The van der Waals surface area contributed by atoms with Gasteiger partial charge in [0.2, 0.25) is 0 Å². The number of nitrogens with one attached hydrogen (secondary N) is 1. The van der Waals surface area contributed by atoms with Gasteiger partial charge >= 0.3 is 0 Å². The van der Waals surface area contributed by atoms with E-state index in [1.165, 1.54) is 36.6 Å². The molecule has 0 radical (unpaired) electrons. The van der Waals surface area contributed by atoms with E-state index in [1.54, 1.807) is 0 Å². The first-order valence-electron chi connectivity index (χ1n) is 7.99. The standard InChI is InChI=1S/C17H24ClN3/c1-2-21-16-8-4-3-7-14(16)15(20-21)11-19-13-17(12-18)9-5-6-10-17/h3-4,7-8,19H,2,5-6,9-13H2,1H3. The number of para-hydroxylation sites is 1. The van der Waals surface area contributed by atoms with E-state index in [-0.39, 0.29) is 0 Å². The number of halogens is 1. The summed E-state index contributed by atoms with van der Waals surface area (Å²) in [6, 6.07) is 8.48. The van der Waals surface area contributed by atoms with Gasteiger partial charge in [0.25, 0.3) is 0 Å². The Balaban J connectivity index is 1.71.